The number of nitrogen functional groups attached to an aromatic ring is 1. The van der Waals surface area contributed by atoms with Gasteiger partial charge in [0.05, 0.1) is 5.56 Å². The molecule has 0 saturated heterocycles. The number of esters is 1. The second-order valence-corrected chi connectivity index (χ2v) is 4.89. The van der Waals surface area contributed by atoms with Crippen LogP contribution in [0.5, 0.6) is 0 Å². The highest BCUT2D eigenvalue weighted by molar-refractivity contribution is 9.10. The van der Waals surface area contributed by atoms with Crippen molar-refractivity contribution in [3.63, 3.8) is 0 Å². The Morgan fingerprint density at radius 1 is 1.47 bits per heavy atom. The molecule has 2 rings (SSSR count). The number of rotatable bonds is 3. The zero-order valence-corrected chi connectivity index (χ0v) is 12.1. The second kappa shape index (κ2) is 5.40. The van der Waals surface area contributed by atoms with Crippen LogP contribution in [-0.2, 0) is 18.4 Å². The molecule has 6 nitrogen and oxygen atoms in total. The summed E-state index contributed by atoms with van der Waals surface area (Å²) in [6.07, 6.45) is 0. The van der Waals surface area contributed by atoms with Gasteiger partial charge in [0.2, 0.25) is 0 Å². The minimum absolute atomic E-state index is 0.0669. The van der Waals surface area contributed by atoms with Gasteiger partial charge in [-0.15, -0.1) is 10.2 Å². The Hall–Kier alpha value is -1.89. The number of halogens is 1. The first kappa shape index (κ1) is 13.5. The summed E-state index contributed by atoms with van der Waals surface area (Å²) in [5, 5.41) is 7.81. The SMILES string of the molecule is Cc1nnc(COC(=O)c2cc(N)ccc2Br)n1C. The molecule has 0 unspecified atom stereocenters. The fourth-order valence-electron chi connectivity index (χ4n) is 1.48. The van der Waals surface area contributed by atoms with Crippen molar-refractivity contribution in [1.82, 2.24) is 14.8 Å². The summed E-state index contributed by atoms with van der Waals surface area (Å²) in [4.78, 5) is 11.9. The number of benzene rings is 1. The summed E-state index contributed by atoms with van der Waals surface area (Å²) in [6, 6.07) is 4.97. The van der Waals surface area contributed by atoms with E-state index in [4.69, 9.17) is 10.5 Å². The lowest BCUT2D eigenvalue weighted by molar-refractivity contribution is 0.0457. The normalized spacial score (nSPS) is 10.5. The van der Waals surface area contributed by atoms with Gasteiger partial charge in [-0.2, -0.15) is 0 Å². The highest BCUT2D eigenvalue weighted by atomic mass is 79.9. The maximum absolute atomic E-state index is 11.9. The van der Waals surface area contributed by atoms with E-state index in [1.165, 1.54) is 0 Å². The number of nitrogens with two attached hydrogens (primary N) is 1. The molecule has 0 spiro atoms. The molecule has 2 aromatic rings. The number of ether oxygens (including phenoxy) is 1. The van der Waals surface area contributed by atoms with E-state index in [1.54, 1.807) is 22.8 Å². The van der Waals surface area contributed by atoms with Crippen molar-refractivity contribution in [3.8, 4) is 0 Å². The van der Waals surface area contributed by atoms with E-state index in [2.05, 4.69) is 26.1 Å². The van der Waals surface area contributed by atoms with Crippen molar-refractivity contribution in [1.29, 1.82) is 0 Å². The topological polar surface area (TPSA) is 83.0 Å². The van der Waals surface area contributed by atoms with Crippen LogP contribution in [-0.4, -0.2) is 20.7 Å². The molecule has 0 bridgehead atoms. The van der Waals surface area contributed by atoms with Crippen molar-refractivity contribution in [2.75, 3.05) is 5.73 Å². The summed E-state index contributed by atoms with van der Waals surface area (Å²) in [6.45, 7) is 1.89. The molecule has 100 valence electrons. The molecule has 1 heterocycles. The van der Waals surface area contributed by atoms with Crippen molar-refractivity contribution in [3.05, 3.63) is 39.9 Å². The lowest BCUT2D eigenvalue weighted by Gasteiger charge is -2.07. The van der Waals surface area contributed by atoms with Gasteiger partial charge in [-0.05, 0) is 41.1 Å². The third kappa shape index (κ3) is 2.93. The molecule has 0 atom stereocenters. The quantitative estimate of drug-likeness (QED) is 0.687. The average Bonchev–Trinajstić information content (AvgIpc) is 2.70. The van der Waals surface area contributed by atoms with Gasteiger partial charge in [-0.3, -0.25) is 0 Å². The Morgan fingerprint density at radius 2 is 2.21 bits per heavy atom. The number of nitrogens with zero attached hydrogens (tertiary/aromatic N) is 3. The van der Waals surface area contributed by atoms with Crippen LogP contribution in [0.1, 0.15) is 22.0 Å². The molecule has 0 saturated carbocycles. The fourth-order valence-corrected chi connectivity index (χ4v) is 1.89. The first-order chi connectivity index (χ1) is 8.99. The van der Waals surface area contributed by atoms with Crippen molar-refractivity contribution in [2.24, 2.45) is 7.05 Å². The Labute approximate surface area is 118 Å². The third-order valence-electron chi connectivity index (χ3n) is 2.73. The summed E-state index contributed by atoms with van der Waals surface area (Å²) in [5.41, 5.74) is 6.54. The second-order valence-electron chi connectivity index (χ2n) is 4.04. The van der Waals surface area contributed by atoms with E-state index in [9.17, 15) is 4.79 Å². The van der Waals surface area contributed by atoms with Crippen LogP contribution in [0.4, 0.5) is 5.69 Å². The molecule has 0 amide bonds. The van der Waals surface area contributed by atoms with Gasteiger partial charge in [-0.25, -0.2) is 4.79 Å². The minimum Gasteiger partial charge on any atom is -0.454 e. The predicted molar refractivity (Wildman–Crippen MR) is 73.4 cm³/mol. The minimum atomic E-state index is -0.458. The number of anilines is 1. The molecule has 0 aliphatic heterocycles. The molecule has 0 aliphatic rings. The van der Waals surface area contributed by atoms with Crippen molar-refractivity contribution >= 4 is 27.6 Å². The summed E-state index contributed by atoms with van der Waals surface area (Å²) in [5.74, 6) is 0.891. The predicted octanol–water partition coefficient (Wildman–Crippen LogP) is 1.83. The van der Waals surface area contributed by atoms with Crippen LogP contribution in [0.2, 0.25) is 0 Å². The molecular formula is C12H13BrN4O2. The van der Waals surface area contributed by atoms with Crippen LogP contribution in [0.15, 0.2) is 22.7 Å². The van der Waals surface area contributed by atoms with Gasteiger partial charge < -0.3 is 15.0 Å². The third-order valence-corrected chi connectivity index (χ3v) is 3.42. The van der Waals surface area contributed by atoms with Crippen LogP contribution in [0, 0.1) is 6.92 Å². The number of hydrogen-bond donors (Lipinski definition) is 1. The van der Waals surface area contributed by atoms with Gasteiger partial charge in [0.25, 0.3) is 0 Å². The number of aryl methyl sites for hydroxylation is 1. The standard InChI is InChI=1S/C12H13BrN4O2/c1-7-15-16-11(17(7)2)6-19-12(18)9-5-8(14)3-4-10(9)13/h3-5H,6,14H2,1-2H3. The molecule has 0 aliphatic carbocycles. The molecule has 0 radical (unpaired) electrons. The molecule has 1 aromatic heterocycles. The summed E-state index contributed by atoms with van der Waals surface area (Å²) < 4.78 is 7.60. The fraction of sp³-hybridized carbons (Fsp3) is 0.250. The first-order valence-electron chi connectivity index (χ1n) is 5.56. The maximum atomic E-state index is 11.9. The lowest BCUT2D eigenvalue weighted by atomic mass is 10.2. The highest BCUT2D eigenvalue weighted by Gasteiger charge is 2.14. The van der Waals surface area contributed by atoms with Gasteiger partial charge in [0.15, 0.2) is 12.4 Å². The van der Waals surface area contributed by atoms with Gasteiger partial charge in [0.1, 0.15) is 5.82 Å². The number of carbonyl (C=O) groups is 1. The molecule has 0 fully saturated rings. The van der Waals surface area contributed by atoms with Crippen LogP contribution in [0.3, 0.4) is 0 Å². The number of aromatic nitrogens is 3. The zero-order valence-electron chi connectivity index (χ0n) is 10.6. The van der Waals surface area contributed by atoms with E-state index in [-0.39, 0.29) is 6.61 Å². The van der Waals surface area contributed by atoms with Crippen molar-refractivity contribution in [2.45, 2.75) is 13.5 Å². The van der Waals surface area contributed by atoms with Crippen LogP contribution >= 0.6 is 15.9 Å². The Morgan fingerprint density at radius 3 is 2.84 bits per heavy atom. The maximum Gasteiger partial charge on any atom is 0.339 e. The van der Waals surface area contributed by atoms with Gasteiger partial charge >= 0.3 is 5.97 Å². The largest absolute Gasteiger partial charge is 0.454 e. The Bertz CT molecular complexity index is 624. The zero-order chi connectivity index (χ0) is 14.0. The van der Waals surface area contributed by atoms with E-state index < -0.39 is 5.97 Å². The molecule has 7 heteroatoms. The first-order valence-corrected chi connectivity index (χ1v) is 6.35. The smallest absolute Gasteiger partial charge is 0.339 e. The van der Waals surface area contributed by atoms with E-state index >= 15 is 0 Å². The summed E-state index contributed by atoms with van der Waals surface area (Å²) in [7, 11) is 1.81. The average molecular weight is 325 g/mol. The van der Waals surface area contributed by atoms with Gasteiger partial charge in [-0.1, -0.05) is 0 Å². The van der Waals surface area contributed by atoms with Crippen LogP contribution in [0.25, 0.3) is 0 Å². The van der Waals surface area contributed by atoms with E-state index in [0.29, 0.717) is 21.5 Å². The number of hydrogen-bond acceptors (Lipinski definition) is 5. The van der Waals surface area contributed by atoms with Crippen LogP contribution < -0.4 is 5.73 Å². The number of carbonyl (C=O) groups excluding carboxylic acids is 1. The van der Waals surface area contributed by atoms with E-state index in [0.717, 1.165) is 5.82 Å². The molecular weight excluding hydrogens is 312 g/mol. The molecule has 1 aromatic carbocycles. The highest BCUT2D eigenvalue weighted by Crippen LogP contribution is 2.20. The van der Waals surface area contributed by atoms with Gasteiger partial charge in [0, 0.05) is 17.2 Å². The molecule has 19 heavy (non-hydrogen) atoms. The Balaban J connectivity index is 2.09. The van der Waals surface area contributed by atoms with E-state index in [1.807, 2.05) is 14.0 Å². The monoisotopic (exact) mass is 324 g/mol. The lowest BCUT2D eigenvalue weighted by Crippen LogP contribution is -2.09. The molecule has 2 N–H and O–H groups in total. The Kier molecular flexibility index (Phi) is 3.84. The summed E-state index contributed by atoms with van der Waals surface area (Å²) >= 11 is 3.29. The van der Waals surface area contributed by atoms with Crippen molar-refractivity contribution < 1.29 is 9.53 Å².